The Balaban J connectivity index is 1.95. The van der Waals surface area contributed by atoms with Gasteiger partial charge in [-0.2, -0.15) is 5.10 Å². The van der Waals surface area contributed by atoms with Crippen molar-refractivity contribution >= 4 is 11.8 Å². The third-order valence-corrected chi connectivity index (χ3v) is 3.10. The molecule has 0 aromatic carbocycles. The van der Waals surface area contributed by atoms with Gasteiger partial charge in [0.2, 0.25) is 11.8 Å². The summed E-state index contributed by atoms with van der Waals surface area (Å²) >= 11 is 0. The molecule has 6 nitrogen and oxygen atoms in total. The summed E-state index contributed by atoms with van der Waals surface area (Å²) < 4.78 is 1.74. The summed E-state index contributed by atoms with van der Waals surface area (Å²) in [6, 6.07) is -0.422. The minimum atomic E-state index is -0.422. The molecular weight excluding hydrogens is 232 g/mol. The predicted octanol–water partition coefficient (Wildman–Crippen LogP) is -0.300. The van der Waals surface area contributed by atoms with E-state index in [1.165, 1.54) is 0 Å². The Morgan fingerprint density at radius 1 is 1.50 bits per heavy atom. The Bertz CT molecular complexity index is 455. The van der Waals surface area contributed by atoms with Gasteiger partial charge in [-0.15, -0.1) is 0 Å². The maximum atomic E-state index is 12.0. The van der Waals surface area contributed by atoms with Gasteiger partial charge >= 0.3 is 0 Å². The zero-order chi connectivity index (χ0) is 13.1. The van der Waals surface area contributed by atoms with Crippen LogP contribution in [0.25, 0.3) is 0 Å². The first-order chi connectivity index (χ1) is 8.56. The fraction of sp³-hybridized carbons (Fsp3) is 0.583. The molecule has 1 saturated heterocycles. The smallest absolute Gasteiger partial charge is 0.244 e. The highest BCUT2D eigenvalue weighted by Gasteiger charge is 2.25. The van der Waals surface area contributed by atoms with Gasteiger partial charge in [-0.1, -0.05) is 0 Å². The van der Waals surface area contributed by atoms with Crippen molar-refractivity contribution in [1.82, 2.24) is 20.0 Å². The normalized spacial score (nSPS) is 20.8. The fourth-order valence-corrected chi connectivity index (χ4v) is 2.08. The third kappa shape index (κ3) is 2.88. The largest absolute Gasteiger partial charge is 0.345 e. The van der Waals surface area contributed by atoms with Crippen LogP contribution in [0.1, 0.15) is 18.9 Å². The minimum Gasteiger partial charge on any atom is -0.345 e. The molecule has 2 heterocycles. The lowest BCUT2D eigenvalue weighted by molar-refractivity contribution is -0.133. The molecule has 2 rings (SSSR count). The number of amides is 2. The van der Waals surface area contributed by atoms with Crippen LogP contribution in [0.5, 0.6) is 0 Å². The molecule has 1 aromatic rings. The summed E-state index contributed by atoms with van der Waals surface area (Å²) in [6.07, 6.45) is 4.88. The van der Waals surface area contributed by atoms with Gasteiger partial charge < -0.3 is 10.2 Å². The number of carbonyl (C=O) groups is 2. The molecule has 1 aliphatic rings. The second-order valence-electron chi connectivity index (χ2n) is 4.64. The molecule has 0 aliphatic carbocycles. The first-order valence-corrected chi connectivity index (χ1v) is 6.12. The SMILES string of the molecule is CC1NC(=O)CCN(CCc2cnn(C)c2)C1=O. The van der Waals surface area contributed by atoms with E-state index in [4.69, 9.17) is 0 Å². The van der Waals surface area contributed by atoms with Gasteiger partial charge in [-0.3, -0.25) is 14.3 Å². The lowest BCUT2D eigenvalue weighted by Gasteiger charge is -2.21. The van der Waals surface area contributed by atoms with Crippen molar-refractivity contribution in [2.75, 3.05) is 13.1 Å². The van der Waals surface area contributed by atoms with Crippen LogP contribution in [0.3, 0.4) is 0 Å². The molecule has 6 heteroatoms. The second kappa shape index (κ2) is 5.20. The number of hydrogen-bond donors (Lipinski definition) is 1. The molecule has 0 spiro atoms. The molecule has 2 amide bonds. The molecule has 1 aromatic heterocycles. The quantitative estimate of drug-likeness (QED) is 0.801. The van der Waals surface area contributed by atoms with Gasteiger partial charge in [-0.25, -0.2) is 0 Å². The number of aryl methyl sites for hydroxylation is 1. The number of aromatic nitrogens is 2. The van der Waals surface area contributed by atoms with E-state index in [1.807, 2.05) is 13.2 Å². The van der Waals surface area contributed by atoms with Crippen LogP contribution >= 0.6 is 0 Å². The Labute approximate surface area is 106 Å². The van der Waals surface area contributed by atoms with Gasteiger partial charge in [0, 0.05) is 32.8 Å². The molecule has 1 N–H and O–H groups in total. The van der Waals surface area contributed by atoms with E-state index >= 15 is 0 Å². The van der Waals surface area contributed by atoms with E-state index < -0.39 is 6.04 Å². The number of rotatable bonds is 3. The van der Waals surface area contributed by atoms with Crippen LogP contribution in [-0.2, 0) is 23.1 Å². The summed E-state index contributed by atoms with van der Waals surface area (Å²) in [5.74, 6) is -0.0653. The van der Waals surface area contributed by atoms with E-state index in [2.05, 4.69) is 10.4 Å². The topological polar surface area (TPSA) is 67.2 Å². The molecule has 0 bridgehead atoms. The van der Waals surface area contributed by atoms with E-state index in [1.54, 1.807) is 22.7 Å². The monoisotopic (exact) mass is 250 g/mol. The summed E-state index contributed by atoms with van der Waals surface area (Å²) in [4.78, 5) is 25.1. The van der Waals surface area contributed by atoms with Crippen molar-refractivity contribution < 1.29 is 9.59 Å². The van der Waals surface area contributed by atoms with Crippen molar-refractivity contribution in [2.24, 2.45) is 7.05 Å². The summed E-state index contributed by atoms with van der Waals surface area (Å²) in [6.45, 7) is 2.85. The van der Waals surface area contributed by atoms with E-state index in [-0.39, 0.29) is 11.8 Å². The van der Waals surface area contributed by atoms with E-state index in [0.717, 1.165) is 12.0 Å². The predicted molar refractivity (Wildman–Crippen MR) is 65.7 cm³/mol. The fourth-order valence-electron chi connectivity index (χ4n) is 2.08. The van der Waals surface area contributed by atoms with Crippen LogP contribution < -0.4 is 5.32 Å². The molecule has 1 atom stereocenters. The highest BCUT2D eigenvalue weighted by Crippen LogP contribution is 2.06. The maximum Gasteiger partial charge on any atom is 0.244 e. The number of nitrogens with one attached hydrogen (secondary N) is 1. The zero-order valence-corrected chi connectivity index (χ0v) is 10.7. The summed E-state index contributed by atoms with van der Waals surface area (Å²) in [7, 11) is 1.87. The van der Waals surface area contributed by atoms with Crippen LogP contribution in [0, 0.1) is 0 Å². The first-order valence-electron chi connectivity index (χ1n) is 6.12. The van der Waals surface area contributed by atoms with Crippen molar-refractivity contribution in [3.05, 3.63) is 18.0 Å². The summed E-state index contributed by atoms with van der Waals surface area (Å²) in [5, 5.41) is 6.77. The van der Waals surface area contributed by atoms with Crippen molar-refractivity contribution in [2.45, 2.75) is 25.8 Å². The third-order valence-electron chi connectivity index (χ3n) is 3.10. The Morgan fingerprint density at radius 2 is 2.28 bits per heavy atom. The second-order valence-corrected chi connectivity index (χ2v) is 4.64. The average molecular weight is 250 g/mol. The molecule has 0 radical (unpaired) electrons. The van der Waals surface area contributed by atoms with Gasteiger partial charge in [0.05, 0.1) is 6.20 Å². The Hall–Kier alpha value is -1.85. The molecule has 98 valence electrons. The summed E-state index contributed by atoms with van der Waals surface area (Å²) in [5.41, 5.74) is 1.10. The van der Waals surface area contributed by atoms with Crippen LogP contribution in [0.15, 0.2) is 12.4 Å². The van der Waals surface area contributed by atoms with Crippen molar-refractivity contribution in [3.8, 4) is 0 Å². The lowest BCUT2D eigenvalue weighted by Crippen LogP contribution is -2.43. The Kier molecular flexibility index (Phi) is 3.64. The minimum absolute atomic E-state index is 0.00950. The zero-order valence-electron chi connectivity index (χ0n) is 10.7. The van der Waals surface area contributed by atoms with Crippen molar-refractivity contribution in [3.63, 3.8) is 0 Å². The molecular formula is C12H18N4O2. The molecule has 1 unspecified atom stereocenters. The molecule has 1 fully saturated rings. The van der Waals surface area contributed by atoms with Gasteiger partial charge in [0.15, 0.2) is 0 Å². The van der Waals surface area contributed by atoms with Crippen molar-refractivity contribution in [1.29, 1.82) is 0 Å². The van der Waals surface area contributed by atoms with Gasteiger partial charge in [0.1, 0.15) is 6.04 Å². The van der Waals surface area contributed by atoms with Crippen LogP contribution in [0.2, 0.25) is 0 Å². The standard InChI is InChI=1S/C12H18N4O2/c1-9-12(18)16(6-4-11(17)14-9)5-3-10-7-13-15(2)8-10/h7-9H,3-6H2,1-2H3,(H,14,17). The highest BCUT2D eigenvalue weighted by molar-refractivity contribution is 5.89. The number of nitrogens with zero attached hydrogens (tertiary/aromatic N) is 3. The first kappa shape index (κ1) is 12.6. The van der Waals surface area contributed by atoms with E-state index in [9.17, 15) is 9.59 Å². The van der Waals surface area contributed by atoms with Crippen LogP contribution in [-0.4, -0.2) is 45.6 Å². The van der Waals surface area contributed by atoms with Gasteiger partial charge in [0.25, 0.3) is 0 Å². The number of carbonyl (C=O) groups excluding carboxylic acids is 2. The van der Waals surface area contributed by atoms with Crippen LogP contribution in [0.4, 0.5) is 0 Å². The van der Waals surface area contributed by atoms with E-state index in [0.29, 0.717) is 19.5 Å². The lowest BCUT2D eigenvalue weighted by atomic mass is 10.2. The Morgan fingerprint density at radius 3 is 2.94 bits per heavy atom. The van der Waals surface area contributed by atoms with Gasteiger partial charge in [-0.05, 0) is 18.9 Å². The maximum absolute atomic E-state index is 12.0. The average Bonchev–Trinajstić information content (AvgIpc) is 2.69. The number of hydrogen-bond acceptors (Lipinski definition) is 3. The molecule has 0 saturated carbocycles. The molecule has 1 aliphatic heterocycles. The highest BCUT2D eigenvalue weighted by atomic mass is 16.2. The molecule has 18 heavy (non-hydrogen) atoms.